The van der Waals surface area contributed by atoms with Crippen LogP contribution in [0.4, 0.5) is 0 Å². The molecule has 10 rings (SSSR count). The zero-order chi connectivity index (χ0) is 37.6. The summed E-state index contributed by atoms with van der Waals surface area (Å²) in [5.41, 5.74) is 10.3. The Bertz CT molecular complexity index is 3250. The monoisotopic (exact) mass is 726 g/mol. The highest BCUT2D eigenvalue weighted by Crippen LogP contribution is 2.29. The van der Waals surface area contributed by atoms with Crippen molar-refractivity contribution in [2.24, 2.45) is 0 Å². The second-order valence-electron chi connectivity index (χ2n) is 13.8. The summed E-state index contributed by atoms with van der Waals surface area (Å²) in [6, 6.07) is 38.4. The lowest BCUT2D eigenvalue weighted by atomic mass is 10.0. The fourth-order valence-corrected chi connectivity index (χ4v) is 7.14. The van der Waals surface area contributed by atoms with Gasteiger partial charge in [-0.3, -0.25) is 28.7 Å². The highest BCUT2D eigenvalue weighted by molar-refractivity contribution is 5.89. The first-order chi connectivity index (χ1) is 27.5. The smallest absolute Gasteiger partial charge is 0.280 e. The van der Waals surface area contributed by atoms with Crippen molar-refractivity contribution in [3.63, 3.8) is 0 Å². The fraction of sp³-hybridized carbons (Fsp3) is 0.0435. The topological polar surface area (TPSA) is 121 Å². The summed E-state index contributed by atoms with van der Waals surface area (Å²) in [4.78, 5) is 53.2. The summed E-state index contributed by atoms with van der Waals surface area (Å²) in [6.45, 7) is 0.778. The van der Waals surface area contributed by atoms with Gasteiger partial charge in [-0.1, -0.05) is 66.7 Å². The van der Waals surface area contributed by atoms with Crippen LogP contribution in [0.2, 0.25) is 0 Å². The number of hydrogen-bond donors (Lipinski definition) is 0. The van der Waals surface area contributed by atoms with Crippen LogP contribution in [0.1, 0.15) is 11.1 Å². The van der Waals surface area contributed by atoms with E-state index in [9.17, 15) is 9.59 Å². The van der Waals surface area contributed by atoms with E-state index in [1.807, 2.05) is 54.9 Å². The number of rotatable bonds is 7. The van der Waals surface area contributed by atoms with Crippen LogP contribution in [-0.2, 0) is 13.1 Å². The van der Waals surface area contributed by atoms with Crippen molar-refractivity contribution in [3.05, 3.63) is 191 Å². The lowest BCUT2D eigenvalue weighted by Crippen LogP contribution is -2.22. The first-order valence-corrected chi connectivity index (χ1v) is 18.1. The summed E-state index contributed by atoms with van der Waals surface area (Å²) in [5.74, 6) is 0. The van der Waals surface area contributed by atoms with Gasteiger partial charge in [0.2, 0.25) is 0 Å². The highest BCUT2D eigenvalue weighted by atomic mass is 16.1. The van der Waals surface area contributed by atoms with Crippen LogP contribution in [0.5, 0.6) is 0 Å². The summed E-state index contributed by atoms with van der Waals surface area (Å²) in [5, 5.41) is 3.21. The molecule has 0 saturated carbocycles. The predicted molar refractivity (Wildman–Crippen MR) is 219 cm³/mol. The SMILES string of the molecule is O=c1c2ncccc2ncn1Cc1ccc(-c2ccc3ncc(-c4cnc5c(=O)n(Cc6ccc(-c7ccc8cnccc8c7)cc6)cnc5c4)cc3c2)cc1. The van der Waals surface area contributed by atoms with Crippen molar-refractivity contribution in [2.75, 3.05) is 0 Å². The highest BCUT2D eigenvalue weighted by Gasteiger charge is 2.11. The Balaban J connectivity index is 0.869. The zero-order valence-corrected chi connectivity index (χ0v) is 29.8. The first-order valence-electron chi connectivity index (χ1n) is 18.1. The van der Waals surface area contributed by atoms with E-state index in [1.165, 1.54) is 0 Å². The Morgan fingerprint density at radius 2 is 1.00 bits per heavy atom. The van der Waals surface area contributed by atoms with Gasteiger partial charge in [-0.2, -0.15) is 0 Å². The van der Waals surface area contributed by atoms with Gasteiger partial charge in [0.15, 0.2) is 11.0 Å². The van der Waals surface area contributed by atoms with Crippen molar-refractivity contribution in [1.82, 2.24) is 39.0 Å². The maximum Gasteiger partial charge on any atom is 0.280 e. The van der Waals surface area contributed by atoms with Gasteiger partial charge in [-0.15, -0.1) is 0 Å². The van der Waals surface area contributed by atoms with Gasteiger partial charge in [0, 0.05) is 52.9 Å². The molecule has 4 aromatic carbocycles. The second-order valence-corrected chi connectivity index (χ2v) is 13.8. The van der Waals surface area contributed by atoms with Crippen molar-refractivity contribution in [2.45, 2.75) is 13.1 Å². The molecule has 0 atom stereocenters. The predicted octanol–water partition coefficient (Wildman–Crippen LogP) is 8.09. The van der Waals surface area contributed by atoms with E-state index < -0.39 is 0 Å². The van der Waals surface area contributed by atoms with Gasteiger partial charge in [-0.05, 0) is 87.3 Å². The molecule has 10 heteroatoms. The standard InChI is InChI=1S/C46H30N8O2/c55-45-43-41(2-1-16-48-43)51-27-53(45)25-29-5-9-32(10-6-29)34-13-14-40-37(19-34)20-38(23-49-40)39-21-42-44(50-24-39)46(56)54(28-52-42)26-30-3-7-31(8-4-30)33-11-12-36-22-47-17-15-35(36)18-33/h1-24,27-28H,25-26H2. The molecule has 0 fully saturated rings. The van der Waals surface area contributed by atoms with Crippen LogP contribution < -0.4 is 11.1 Å². The Kier molecular flexibility index (Phi) is 7.99. The van der Waals surface area contributed by atoms with E-state index in [-0.39, 0.29) is 11.1 Å². The molecular formula is C46H30N8O2. The lowest BCUT2D eigenvalue weighted by molar-refractivity contribution is 0.746. The Labute approximate surface area is 319 Å². The summed E-state index contributed by atoms with van der Waals surface area (Å²) < 4.78 is 3.17. The number of hydrogen-bond acceptors (Lipinski definition) is 8. The van der Waals surface area contributed by atoms with E-state index in [2.05, 4.69) is 85.6 Å². The minimum atomic E-state index is -0.195. The number of aromatic nitrogens is 8. The van der Waals surface area contributed by atoms with Crippen LogP contribution in [0.25, 0.3) is 77.1 Å². The number of benzene rings is 4. The number of nitrogens with zero attached hydrogens (tertiary/aromatic N) is 8. The van der Waals surface area contributed by atoms with Crippen LogP contribution in [0, 0.1) is 0 Å². The van der Waals surface area contributed by atoms with Crippen molar-refractivity contribution in [1.29, 1.82) is 0 Å². The Morgan fingerprint density at radius 3 is 1.73 bits per heavy atom. The van der Waals surface area contributed by atoms with E-state index >= 15 is 0 Å². The summed E-state index contributed by atoms with van der Waals surface area (Å²) in [6.07, 6.45) is 12.0. The van der Waals surface area contributed by atoms with Crippen LogP contribution >= 0.6 is 0 Å². The van der Waals surface area contributed by atoms with Gasteiger partial charge in [-0.25, -0.2) is 19.9 Å². The van der Waals surface area contributed by atoms with Crippen molar-refractivity contribution >= 4 is 43.7 Å². The van der Waals surface area contributed by atoms with Gasteiger partial charge in [0.25, 0.3) is 11.1 Å². The van der Waals surface area contributed by atoms with Crippen LogP contribution in [0.15, 0.2) is 168 Å². The maximum atomic E-state index is 13.5. The summed E-state index contributed by atoms with van der Waals surface area (Å²) in [7, 11) is 0. The molecule has 0 spiro atoms. The molecule has 0 saturated heterocycles. The Morgan fingerprint density at radius 1 is 0.411 bits per heavy atom. The van der Waals surface area contributed by atoms with E-state index in [1.54, 1.807) is 52.5 Å². The van der Waals surface area contributed by atoms with E-state index in [4.69, 9.17) is 4.98 Å². The van der Waals surface area contributed by atoms with Gasteiger partial charge in [0.05, 0.1) is 42.3 Å². The average Bonchev–Trinajstić information content (AvgIpc) is 3.25. The molecule has 0 amide bonds. The molecule has 10 nitrogen and oxygen atoms in total. The van der Waals surface area contributed by atoms with Gasteiger partial charge >= 0.3 is 0 Å². The molecule has 0 aliphatic carbocycles. The normalized spacial score (nSPS) is 11.5. The molecule has 6 heterocycles. The first kappa shape index (κ1) is 32.9. The molecule has 0 aliphatic heterocycles. The minimum absolute atomic E-state index is 0.166. The fourth-order valence-electron chi connectivity index (χ4n) is 7.14. The van der Waals surface area contributed by atoms with Gasteiger partial charge in [0.1, 0.15) is 0 Å². The molecule has 0 unspecified atom stereocenters. The summed E-state index contributed by atoms with van der Waals surface area (Å²) >= 11 is 0. The van der Waals surface area contributed by atoms with Gasteiger partial charge < -0.3 is 0 Å². The molecule has 0 N–H and O–H groups in total. The number of fused-ring (bicyclic) bond motifs is 4. The van der Waals surface area contributed by atoms with E-state index in [0.717, 1.165) is 66.2 Å². The van der Waals surface area contributed by atoms with E-state index in [0.29, 0.717) is 35.2 Å². The minimum Gasteiger partial charge on any atom is -0.293 e. The third kappa shape index (κ3) is 6.14. The van der Waals surface area contributed by atoms with Crippen LogP contribution in [-0.4, -0.2) is 39.0 Å². The third-order valence-electron chi connectivity index (χ3n) is 10.2. The molecule has 266 valence electrons. The van der Waals surface area contributed by atoms with Crippen LogP contribution in [0.3, 0.4) is 0 Å². The van der Waals surface area contributed by atoms with Crippen molar-refractivity contribution < 1.29 is 0 Å². The second kappa shape index (κ2) is 13.6. The van der Waals surface area contributed by atoms with Crippen molar-refractivity contribution in [3.8, 4) is 33.4 Å². The third-order valence-corrected chi connectivity index (χ3v) is 10.2. The largest absolute Gasteiger partial charge is 0.293 e. The molecule has 6 aromatic heterocycles. The molecule has 0 aliphatic rings. The quantitative estimate of drug-likeness (QED) is 0.162. The zero-order valence-electron chi connectivity index (χ0n) is 29.8. The molecule has 0 bridgehead atoms. The molecule has 56 heavy (non-hydrogen) atoms. The Hall–Kier alpha value is -7.72. The molecule has 10 aromatic rings. The maximum absolute atomic E-state index is 13.5. The lowest BCUT2D eigenvalue weighted by Gasteiger charge is -2.10. The average molecular weight is 727 g/mol. The molecular weight excluding hydrogens is 697 g/mol. The molecule has 0 radical (unpaired) electrons. The number of pyridine rings is 4.